The number of hydrogen-bond donors (Lipinski definition) is 0. The molecular weight excluding hydrogens is 1970 g/mol. The minimum absolute atomic E-state index is 0.362. The Morgan fingerprint density at radius 1 is 0.338 bits per heavy atom. The number of benzene rings is 3. The number of hydrogen-bond acceptors (Lipinski definition) is 5. The predicted octanol–water partition coefficient (Wildman–Crippen LogP) is 4.97. The number of aromatic nitrogens is 2. The maximum atomic E-state index is 6.30. The molecule has 0 saturated carbocycles. The molecule has 1 aliphatic heterocycles. The Morgan fingerprint density at radius 3 is 0.950 bits per heavy atom. The van der Waals surface area contributed by atoms with Crippen molar-refractivity contribution in [2.24, 2.45) is 0 Å². The van der Waals surface area contributed by atoms with E-state index in [9.17, 15) is 0 Å². The van der Waals surface area contributed by atoms with E-state index in [1.807, 2.05) is 308 Å². The minimum atomic E-state index is -0.381. The summed E-state index contributed by atoms with van der Waals surface area (Å²) in [5, 5.41) is 3.49. The first kappa shape index (κ1) is 78.8. The summed E-state index contributed by atoms with van der Waals surface area (Å²) in [7, 11) is 85.3. The monoisotopic (exact) mass is 1990 g/mol. The maximum Gasteiger partial charge on any atom is 0.494 e. The fraction of sp³-hybridized carbons (Fsp3) is 0.240. The van der Waals surface area contributed by atoms with Crippen LogP contribution >= 0.6 is 0 Å². The van der Waals surface area contributed by atoms with Crippen LogP contribution in [0.1, 0.15) is 27.7 Å². The topological polar surface area (TPSA) is 35.8 Å². The lowest BCUT2D eigenvalue weighted by molar-refractivity contribution is 0.00578. The van der Waals surface area contributed by atoms with E-state index in [-0.39, 0.29) is 18.3 Å². The Morgan fingerprint density at radius 2 is 0.625 bits per heavy atom. The summed E-state index contributed by atoms with van der Waals surface area (Å²) < 4.78 is 14.9. The second-order valence-corrected chi connectivity index (χ2v) is 97.4. The molecule has 1 aliphatic rings. The van der Waals surface area contributed by atoms with E-state index in [0.29, 0.717) is 0 Å². The third-order valence-corrected chi connectivity index (χ3v) is 113. The molecule has 3 aromatic carbocycles. The van der Waals surface area contributed by atoms with Gasteiger partial charge in [-0.15, -0.1) is 0 Å². The van der Waals surface area contributed by atoms with Gasteiger partial charge in [-0.3, -0.25) is 4.40 Å². The Hall–Kier alpha value is 8.11. The molecule has 55 heteroatoms. The normalized spacial score (nSPS) is 11.7. The number of para-hydroxylation sites is 3. The number of rotatable bonds is 1. The highest BCUT2D eigenvalue weighted by atomic mass is 33.5. The smallest absolute Gasteiger partial charge is 0.399 e. The van der Waals surface area contributed by atoms with Crippen molar-refractivity contribution >= 4 is 500 Å². The highest BCUT2D eigenvalue weighted by Gasteiger charge is 2.51. The van der Waals surface area contributed by atoms with Gasteiger partial charge >= 0.3 is 7.12 Å². The molecule has 0 unspecified atom stereocenters. The molecule has 0 amide bonds. The molecule has 1 fully saturated rings. The third-order valence-electron chi connectivity index (χ3n) is 8.11. The van der Waals surface area contributed by atoms with Crippen LogP contribution in [0, 0.1) is 0 Å². The molecule has 2 aromatic heterocycles. The van der Waals surface area contributed by atoms with Crippen LogP contribution in [-0.2, 0) is 458 Å². The van der Waals surface area contributed by atoms with Gasteiger partial charge in [0.15, 0.2) is 0 Å². The fourth-order valence-corrected chi connectivity index (χ4v) is 131. The Kier molecular flexibility index (Phi) is 50.6. The zero-order valence-corrected chi connectivity index (χ0v) is 78.9. The molecule has 0 radical (unpaired) electrons. The van der Waals surface area contributed by atoms with E-state index < -0.39 is 0 Å². The largest absolute Gasteiger partial charge is 0.494 e. The second-order valence-electron chi connectivity index (χ2n) is 12.4. The molecule has 4 nitrogen and oxygen atoms in total. The summed E-state index contributed by atoms with van der Waals surface area (Å²) in [4.78, 5) is 4.97. The van der Waals surface area contributed by atoms with Crippen LogP contribution in [0.2, 0.25) is 0 Å². The number of imidazole rings is 1. The average molecular weight is 2000 g/mol. The van der Waals surface area contributed by atoms with Gasteiger partial charge < -0.3 is 9.31 Å². The maximum absolute atomic E-state index is 6.30. The van der Waals surface area contributed by atoms with E-state index in [4.69, 9.17) is 36.7 Å². The highest BCUT2D eigenvalue weighted by molar-refractivity contribution is 8.82. The van der Waals surface area contributed by atoms with Crippen LogP contribution < -0.4 is 5.46 Å². The zero-order chi connectivity index (χ0) is 56.6. The van der Waals surface area contributed by atoms with E-state index in [1.165, 1.54) is 28.5 Å². The van der Waals surface area contributed by atoms with Gasteiger partial charge in [0.25, 0.3) is 0 Å². The van der Waals surface area contributed by atoms with Crippen molar-refractivity contribution in [1.82, 2.24) is 9.38 Å². The van der Waals surface area contributed by atoms with Gasteiger partial charge in [0.2, 0.25) is 0 Å². The first-order valence-electron chi connectivity index (χ1n) is 18.6. The fourth-order valence-electron chi connectivity index (χ4n) is 4.97. The van der Waals surface area contributed by atoms with Gasteiger partial charge in [0.1, 0.15) is 5.65 Å². The standard InChI is InChI=1S/C25H23BN2O2.S50/c1-24(2)25(3,4)30-26(29-24)16-13-14-18-19(15-16)17-9-5-7-11-21(17)28-22-12-8-6-10-20(22)27-23(18)28;1-3-5-7-9-11-13-15-17-19-21-23-25-27-29-31-33-35-37-39-41-43-45-47-49-50-48-46-44-42-40-38-36-34-32-30-28-26-24-22-20-18-16-14-12-10-8-6-4-2/h5-15H,1-4H3;. The molecule has 3 heterocycles. The molecule has 0 N–H and O–H groups in total. The zero-order valence-electron chi connectivity index (χ0n) is 38.1. The molecular formula is C25H23BN2O2S50. The van der Waals surface area contributed by atoms with Crippen molar-refractivity contribution in [3.8, 4) is 0 Å². The SMILES string of the molecule is CC1(C)OB(c2ccc3c(c2)c2ccccc2n2c4ccccc4nc32)OC1(C)C.S=S=S=S=S=S=S=S=S=S=S=S=S=S=S=S=S=S=S=S=S=S=S=S=S=S=S=S=S=S=S=S=S=S=S=S=S=S=S=S=S=S=S=S=S=S=S=S=S=S. The molecule has 80 heavy (non-hydrogen) atoms. The summed E-state index contributed by atoms with van der Waals surface area (Å²) in [6.07, 6.45) is 0. The lowest BCUT2D eigenvalue weighted by Gasteiger charge is -2.32. The Labute approximate surface area is 609 Å². The first-order chi connectivity index (χ1) is 39.3. The van der Waals surface area contributed by atoms with Crippen LogP contribution in [-0.4, -0.2) is 27.7 Å². The number of pyridine rings is 1. The first-order valence-corrected chi connectivity index (χ1v) is 83.9. The van der Waals surface area contributed by atoms with Crippen LogP contribution in [0.5, 0.6) is 0 Å². The third kappa shape index (κ3) is 33.2. The van der Waals surface area contributed by atoms with Gasteiger partial charge in [-0.1, -0.05) is 48.5 Å². The van der Waals surface area contributed by atoms with Crippen molar-refractivity contribution in [1.29, 1.82) is 0 Å². The molecule has 5 aromatic rings. The lowest BCUT2D eigenvalue weighted by Crippen LogP contribution is -2.41. The number of fused-ring (bicyclic) bond motifs is 8. The van der Waals surface area contributed by atoms with Crippen LogP contribution in [0.25, 0.3) is 38.4 Å². The molecule has 6 rings (SSSR count). The van der Waals surface area contributed by atoms with Crippen molar-refractivity contribution in [3.63, 3.8) is 0 Å². The predicted molar refractivity (Wildman–Crippen MR) is 492 cm³/mol. The summed E-state index contributed by atoms with van der Waals surface area (Å²) in [6, 6.07) is 23.3. The second kappa shape index (κ2) is 51.4. The van der Waals surface area contributed by atoms with Crippen LogP contribution in [0.3, 0.4) is 0 Å². The van der Waals surface area contributed by atoms with Crippen molar-refractivity contribution in [2.45, 2.75) is 38.9 Å². The van der Waals surface area contributed by atoms with E-state index >= 15 is 0 Å². The van der Waals surface area contributed by atoms with Gasteiger partial charge in [-0.05, 0) is 56.7 Å². The quantitative estimate of drug-likeness (QED) is 0.175. The molecule has 448 valence electrons. The summed E-state index contributed by atoms with van der Waals surface area (Å²) >= 11 is 9.62. The van der Waals surface area contributed by atoms with Gasteiger partial charge in [0.05, 0.1) is 27.8 Å². The molecule has 0 spiro atoms. The van der Waals surface area contributed by atoms with E-state index in [0.717, 1.165) is 33.0 Å². The van der Waals surface area contributed by atoms with E-state index in [2.05, 4.69) is 92.8 Å². The van der Waals surface area contributed by atoms with Gasteiger partial charge in [-0.2, -0.15) is 0 Å². The molecule has 1 saturated heterocycles. The van der Waals surface area contributed by atoms with Crippen LogP contribution in [0.4, 0.5) is 0 Å². The Balaban J connectivity index is 0.000000327. The van der Waals surface area contributed by atoms with Gasteiger partial charge in [0, 0.05) is 459 Å². The van der Waals surface area contributed by atoms with Crippen LogP contribution in [0.15, 0.2) is 66.7 Å². The lowest BCUT2D eigenvalue weighted by atomic mass is 9.78. The summed E-state index contributed by atoms with van der Waals surface area (Å²) in [5.74, 6) is 0. The molecule has 0 bridgehead atoms. The average Bonchev–Trinajstić information content (AvgIpc) is 3.96. The molecule has 0 atom stereocenters. The summed E-state index contributed by atoms with van der Waals surface area (Å²) in [6.45, 7) is 8.35. The molecule has 0 aliphatic carbocycles. The van der Waals surface area contributed by atoms with Crippen molar-refractivity contribution < 1.29 is 9.31 Å². The summed E-state index contributed by atoms with van der Waals surface area (Å²) in [5.41, 5.74) is 4.57. The Bertz CT molecular complexity index is 5360. The number of nitrogens with zero attached hydrogens (tertiary/aromatic N) is 2. The minimum Gasteiger partial charge on any atom is -0.399 e. The highest BCUT2D eigenvalue weighted by Crippen LogP contribution is 2.37. The van der Waals surface area contributed by atoms with E-state index in [1.54, 1.807) is 107 Å². The van der Waals surface area contributed by atoms with Gasteiger partial charge in [-0.25, -0.2) is 4.98 Å². The van der Waals surface area contributed by atoms with Crippen molar-refractivity contribution in [3.05, 3.63) is 66.7 Å². The van der Waals surface area contributed by atoms with Crippen molar-refractivity contribution in [2.75, 3.05) is 0 Å².